The molecule has 0 spiro atoms. The Bertz CT molecular complexity index is 548. The number of nitrogens with zero attached hydrogens (tertiary/aromatic N) is 1. The summed E-state index contributed by atoms with van der Waals surface area (Å²) in [5, 5.41) is 11.1. The summed E-state index contributed by atoms with van der Waals surface area (Å²) in [7, 11) is 0. The van der Waals surface area contributed by atoms with Gasteiger partial charge in [-0.15, -0.1) is 0 Å². The molecule has 1 aromatic heterocycles. The Kier molecular flexibility index (Phi) is 4.05. The number of aromatic nitrogens is 1. The second kappa shape index (κ2) is 5.36. The molecule has 0 fully saturated rings. The summed E-state index contributed by atoms with van der Waals surface area (Å²) < 4.78 is 0.814. The summed E-state index contributed by atoms with van der Waals surface area (Å²) in [6.45, 7) is 0. The van der Waals surface area contributed by atoms with Crippen molar-refractivity contribution in [1.29, 1.82) is 0 Å². The number of rotatable bonds is 2. The summed E-state index contributed by atoms with van der Waals surface area (Å²) in [5.74, 6) is 0. The lowest BCUT2D eigenvalue weighted by Gasteiger charge is -2.12. The average Bonchev–Trinajstić information content (AvgIpc) is 2.32. The third-order valence-electron chi connectivity index (χ3n) is 2.30. The Morgan fingerprint density at radius 1 is 1.06 bits per heavy atom. The van der Waals surface area contributed by atoms with Crippen molar-refractivity contribution < 1.29 is 5.11 Å². The molecule has 0 amide bonds. The molecule has 88 valence electrons. The van der Waals surface area contributed by atoms with E-state index >= 15 is 0 Å². The maximum Gasteiger partial charge on any atom is 0.106 e. The first kappa shape index (κ1) is 12.8. The topological polar surface area (TPSA) is 33.1 Å². The second-order valence-corrected chi connectivity index (χ2v) is 5.24. The lowest BCUT2D eigenvalue weighted by atomic mass is 10.0. The Morgan fingerprint density at radius 3 is 2.47 bits per heavy atom. The molecule has 2 nitrogen and oxygen atoms in total. The molecule has 1 atom stereocenters. The van der Waals surface area contributed by atoms with Gasteiger partial charge in [0.1, 0.15) is 6.10 Å². The minimum absolute atomic E-state index is 0.422. The van der Waals surface area contributed by atoms with E-state index < -0.39 is 6.10 Å². The van der Waals surface area contributed by atoms with E-state index in [0.717, 1.165) is 4.47 Å². The molecule has 1 unspecified atom stereocenters. The van der Waals surface area contributed by atoms with Gasteiger partial charge < -0.3 is 5.11 Å². The van der Waals surface area contributed by atoms with E-state index in [1.165, 1.54) is 0 Å². The fourth-order valence-corrected chi connectivity index (χ4v) is 2.14. The van der Waals surface area contributed by atoms with Gasteiger partial charge in [-0.05, 0) is 39.7 Å². The summed E-state index contributed by atoms with van der Waals surface area (Å²) in [4.78, 5) is 4.00. The van der Waals surface area contributed by atoms with Crippen molar-refractivity contribution in [3.63, 3.8) is 0 Å². The van der Waals surface area contributed by atoms with Gasteiger partial charge in [0, 0.05) is 22.4 Å². The molecule has 2 rings (SSSR count). The van der Waals surface area contributed by atoms with Crippen LogP contribution in [-0.2, 0) is 0 Å². The predicted molar refractivity (Wildman–Crippen MR) is 72.5 cm³/mol. The molecule has 17 heavy (non-hydrogen) atoms. The average molecular weight is 333 g/mol. The minimum atomic E-state index is -0.769. The van der Waals surface area contributed by atoms with Crippen molar-refractivity contribution in [3.05, 3.63) is 62.3 Å². The number of halogens is 3. The van der Waals surface area contributed by atoms with Gasteiger partial charge in [-0.3, -0.25) is 4.98 Å². The van der Waals surface area contributed by atoms with Crippen LogP contribution in [0.3, 0.4) is 0 Å². The number of hydrogen-bond donors (Lipinski definition) is 1. The van der Waals surface area contributed by atoms with Gasteiger partial charge >= 0.3 is 0 Å². The Hall–Kier alpha value is -0.610. The van der Waals surface area contributed by atoms with Gasteiger partial charge in [0.2, 0.25) is 0 Å². The fourth-order valence-electron chi connectivity index (χ4n) is 1.45. The molecule has 1 heterocycles. The summed E-state index contributed by atoms with van der Waals surface area (Å²) in [6, 6.07) is 6.85. The van der Waals surface area contributed by atoms with Crippen LogP contribution in [0.4, 0.5) is 0 Å². The second-order valence-electron chi connectivity index (χ2n) is 3.51. The standard InChI is InChI=1S/C12H8BrCl2NO/c13-9-3-8(5-16-6-9)12(17)7-1-2-10(14)11(15)4-7/h1-6,12,17H. The van der Waals surface area contributed by atoms with Crippen molar-refractivity contribution in [2.45, 2.75) is 6.10 Å². The molecule has 0 saturated carbocycles. The SMILES string of the molecule is OC(c1cncc(Br)c1)c1ccc(Cl)c(Cl)c1. The zero-order valence-electron chi connectivity index (χ0n) is 8.57. The highest BCUT2D eigenvalue weighted by Crippen LogP contribution is 2.29. The molecule has 0 saturated heterocycles. The molecule has 1 aromatic carbocycles. The van der Waals surface area contributed by atoms with Gasteiger partial charge in [-0.25, -0.2) is 0 Å². The molecule has 0 aliphatic heterocycles. The van der Waals surface area contributed by atoms with Crippen molar-refractivity contribution in [2.24, 2.45) is 0 Å². The zero-order chi connectivity index (χ0) is 12.4. The van der Waals surface area contributed by atoms with Crippen molar-refractivity contribution in [3.8, 4) is 0 Å². The Balaban J connectivity index is 2.36. The van der Waals surface area contributed by atoms with Crippen LogP contribution in [0.5, 0.6) is 0 Å². The van der Waals surface area contributed by atoms with Crippen LogP contribution in [0.25, 0.3) is 0 Å². The number of aliphatic hydroxyl groups excluding tert-OH is 1. The van der Waals surface area contributed by atoms with Crippen LogP contribution < -0.4 is 0 Å². The van der Waals surface area contributed by atoms with Crippen LogP contribution in [0, 0.1) is 0 Å². The third-order valence-corrected chi connectivity index (χ3v) is 3.47. The third kappa shape index (κ3) is 2.99. The van der Waals surface area contributed by atoms with Crippen molar-refractivity contribution >= 4 is 39.1 Å². The number of benzene rings is 1. The Labute approximate surface area is 117 Å². The van der Waals surface area contributed by atoms with Gasteiger partial charge in [0.05, 0.1) is 10.0 Å². The maximum atomic E-state index is 10.2. The van der Waals surface area contributed by atoms with E-state index in [1.807, 2.05) is 0 Å². The fraction of sp³-hybridized carbons (Fsp3) is 0.0833. The first-order chi connectivity index (χ1) is 8.08. The predicted octanol–water partition coefficient (Wildman–Crippen LogP) is 4.23. The molecule has 0 radical (unpaired) electrons. The molecule has 2 aromatic rings. The van der Waals surface area contributed by atoms with Gasteiger partial charge in [0.25, 0.3) is 0 Å². The van der Waals surface area contributed by atoms with Crippen LogP contribution in [0.15, 0.2) is 41.1 Å². The summed E-state index contributed by atoms with van der Waals surface area (Å²) >= 11 is 15.0. The quantitative estimate of drug-likeness (QED) is 0.892. The van der Waals surface area contributed by atoms with E-state index in [2.05, 4.69) is 20.9 Å². The van der Waals surface area contributed by atoms with Crippen LogP contribution in [0.1, 0.15) is 17.2 Å². The molecule has 0 bridgehead atoms. The van der Waals surface area contributed by atoms with E-state index in [0.29, 0.717) is 21.2 Å². The first-order valence-electron chi connectivity index (χ1n) is 4.81. The molecule has 0 aliphatic rings. The largest absolute Gasteiger partial charge is 0.384 e. The first-order valence-corrected chi connectivity index (χ1v) is 6.36. The molecular formula is C12H8BrCl2NO. The zero-order valence-corrected chi connectivity index (χ0v) is 11.7. The number of aliphatic hydroxyl groups is 1. The van der Waals surface area contributed by atoms with Crippen LogP contribution >= 0.6 is 39.1 Å². The van der Waals surface area contributed by atoms with Crippen molar-refractivity contribution in [1.82, 2.24) is 4.98 Å². The minimum Gasteiger partial charge on any atom is -0.384 e. The highest BCUT2D eigenvalue weighted by atomic mass is 79.9. The normalized spacial score (nSPS) is 12.5. The molecular weight excluding hydrogens is 325 g/mol. The monoisotopic (exact) mass is 331 g/mol. The van der Waals surface area contributed by atoms with Crippen LogP contribution in [-0.4, -0.2) is 10.1 Å². The summed E-state index contributed by atoms with van der Waals surface area (Å²) in [5.41, 5.74) is 1.37. The highest BCUT2D eigenvalue weighted by molar-refractivity contribution is 9.10. The number of pyridine rings is 1. The highest BCUT2D eigenvalue weighted by Gasteiger charge is 2.12. The van der Waals surface area contributed by atoms with Gasteiger partial charge in [-0.1, -0.05) is 29.3 Å². The van der Waals surface area contributed by atoms with Gasteiger partial charge in [-0.2, -0.15) is 0 Å². The lowest BCUT2D eigenvalue weighted by Crippen LogP contribution is -2.00. The van der Waals surface area contributed by atoms with Crippen molar-refractivity contribution in [2.75, 3.05) is 0 Å². The van der Waals surface area contributed by atoms with E-state index in [1.54, 1.807) is 36.7 Å². The summed E-state index contributed by atoms with van der Waals surface area (Å²) in [6.07, 6.45) is 2.50. The van der Waals surface area contributed by atoms with Gasteiger partial charge in [0.15, 0.2) is 0 Å². The number of hydrogen-bond acceptors (Lipinski definition) is 2. The molecule has 5 heteroatoms. The van der Waals surface area contributed by atoms with E-state index in [-0.39, 0.29) is 0 Å². The van der Waals surface area contributed by atoms with E-state index in [4.69, 9.17) is 23.2 Å². The lowest BCUT2D eigenvalue weighted by molar-refractivity contribution is 0.220. The molecule has 0 aliphatic carbocycles. The Morgan fingerprint density at radius 2 is 1.82 bits per heavy atom. The van der Waals surface area contributed by atoms with E-state index in [9.17, 15) is 5.11 Å². The smallest absolute Gasteiger partial charge is 0.106 e. The maximum absolute atomic E-state index is 10.2. The van der Waals surface area contributed by atoms with Crippen LogP contribution in [0.2, 0.25) is 10.0 Å². The molecule has 1 N–H and O–H groups in total.